The Labute approximate surface area is 171 Å². The zero-order valence-electron chi connectivity index (χ0n) is 15.2. The first kappa shape index (κ1) is 19.4. The van der Waals surface area contributed by atoms with Crippen LogP contribution in [0.2, 0.25) is 5.02 Å². The number of halogens is 2. The highest BCUT2D eigenvalue weighted by Gasteiger charge is 2.16. The number of para-hydroxylation sites is 1. The van der Waals surface area contributed by atoms with E-state index in [9.17, 15) is 4.79 Å². The van der Waals surface area contributed by atoms with E-state index >= 15 is 0 Å². The van der Waals surface area contributed by atoms with E-state index in [4.69, 9.17) is 16.3 Å². The standard InChI is InChI=1S/C21H18BrClN2O2/c1-13-18(20(22)14(2)25(13)16-7-5-4-6-8-16)12-24-15-9-10-19(23)17(11-15)21(26)27-3/h4-12H,1-3H3. The van der Waals surface area contributed by atoms with E-state index in [0.717, 1.165) is 27.1 Å². The summed E-state index contributed by atoms with van der Waals surface area (Å²) >= 11 is 9.74. The third-order valence-corrected chi connectivity index (χ3v) is 5.66. The smallest absolute Gasteiger partial charge is 0.339 e. The van der Waals surface area contributed by atoms with Crippen molar-refractivity contribution in [2.75, 3.05) is 7.11 Å². The maximum atomic E-state index is 11.8. The molecule has 27 heavy (non-hydrogen) atoms. The van der Waals surface area contributed by atoms with Crippen LogP contribution in [0.3, 0.4) is 0 Å². The Kier molecular flexibility index (Phi) is 5.82. The molecule has 6 heteroatoms. The fourth-order valence-electron chi connectivity index (χ4n) is 2.94. The minimum Gasteiger partial charge on any atom is -0.465 e. The summed E-state index contributed by atoms with van der Waals surface area (Å²) in [6.07, 6.45) is 1.79. The zero-order chi connectivity index (χ0) is 19.6. The summed E-state index contributed by atoms with van der Waals surface area (Å²) in [4.78, 5) is 16.3. The molecule has 4 nitrogen and oxygen atoms in total. The molecule has 0 saturated heterocycles. The van der Waals surface area contributed by atoms with E-state index in [-0.39, 0.29) is 0 Å². The quantitative estimate of drug-likeness (QED) is 0.362. The minimum absolute atomic E-state index is 0.294. The Hall–Kier alpha value is -2.37. The lowest BCUT2D eigenvalue weighted by Crippen LogP contribution is -2.01. The van der Waals surface area contributed by atoms with Crippen LogP contribution >= 0.6 is 27.5 Å². The van der Waals surface area contributed by atoms with Gasteiger partial charge in [-0.05, 0) is 60.1 Å². The van der Waals surface area contributed by atoms with Crippen molar-refractivity contribution in [3.8, 4) is 5.69 Å². The van der Waals surface area contributed by atoms with Gasteiger partial charge in [-0.1, -0.05) is 29.8 Å². The maximum Gasteiger partial charge on any atom is 0.339 e. The first-order valence-electron chi connectivity index (χ1n) is 8.28. The molecule has 1 aromatic heterocycles. The van der Waals surface area contributed by atoms with Crippen molar-refractivity contribution < 1.29 is 9.53 Å². The topological polar surface area (TPSA) is 43.6 Å². The summed E-state index contributed by atoms with van der Waals surface area (Å²) in [6.45, 7) is 4.10. The molecular formula is C21H18BrClN2O2. The van der Waals surface area contributed by atoms with Crippen molar-refractivity contribution in [1.82, 2.24) is 4.57 Å². The summed E-state index contributed by atoms with van der Waals surface area (Å²) in [5.41, 5.74) is 5.14. The van der Waals surface area contributed by atoms with Crippen molar-refractivity contribution in [3.05, 3.63) is 80.5 Å². The number of carbonyl (C=O) groups excluding carboxylic acids is 1. The van der Waals surface area contributed by atoms with Gasteiger partial charge in [0.25, 0.3) is 0 Å². The van der Waals surface area contributed by atoms with Gasteiger partial charge >= 0.3 is 5.97 Å². The van der Waals surface area contributed by atoms with E-state index in [1.165, 1.54) is 7.11 Å². The summed E-state index contributed by atoms with van der Waals surface area (Å²) in [6, 6.07) is 15.2. The lowest BCUT2D eigenvalue weighted by atomic mass is 10.2. The number of nitrogens with zero attached hydrogens (tertiary/aromatic N) is 2. The third kappa shape index (κ3) is 3.84. The van der Waals surface area contributed by atoms with Gasteiger partial charge in [0, 0.05) is 33.3 Å². The van der Waals surface area contributed by atoms with Crippen LogP contribution in [0.25, 0.3) is 5.69 Å². The SMILES string of the molecule is COC(=O)c1cc(N=Cc2c(Br)c(C)n(-c3ccccc3)c2C)ccc1Cl. The van der Waals surface area contributed by atoms with Crippen LogP contribution in [-0.2, 0) is 4.74 Å². The second-order valence-electron chi connectivity index (χ2n) is 5.98. The average Bonchev–Trinajstić information content (AvgIpc) is 2.90. The van der Waals surface area contributed by atoms with Gasteiger partial charge in [-0.25, -0.2) is 4.79 Å². The number of carbonyl (C=O) groups is 1. The van der Waals surface area contributed by atoms with Crippen LogP contribution in [0.1, 0.15) is 27.3 Å². The Bertz CT molecular complexity index is 1030. The Morgan fingerprint density at radius 3 is 2.52 bits per heavy atom. The first-order valence-corrected chi connectivity index (χ1v) is 9.46. The second-order valence-corrected chi connectivity index (χ2v) is 7.18. The molecule has 0 N–H and O–H groups in total. The highest BCUT2D eigenvalue weighted by Crippen LogP contribution is 2.30. The number of hydrogen-bond donors (Lipinski definition) is 0. The molecule has 0 aliphatic carbocycles. The minimum atomic E-state index is -0.486. The molecule has 0 fully saturated rings. The number of hydrogen-bond acceptors (Lipinski definition) is 3. The third-order valence-electron chi connectivity index (χ3n) is 4.33. The monoisotopic (exact) mass is 444 g/mol. The molecule has 3 rings (SSSR count). The van der Waals surface area contributed by atoms with Crippen LogP contribution in [0.5, 0.6) is 0 Å². The highest BCUT2D eigenvalue weighted by molar-refractivity contribution is 9.10. The van der Waals surface area contributed by atoms with Crippen molar-refractivity contribution in [1.29, 1.82) is 0 Å². The molecule has 0 aliphatic heterocycles. The summed E-state index contributed by atoms with van der Waals surface area (Å²) < 4.78 is 7.91. The molecule has 0 unspecified atom stereocenters. The largest absolute Gasteiger partial charge is 0.465 e. The van der Waals surface area contributed by atoms with Crippen LogP contribution < -0.4 is 0 Å². The number of esters is 1. The number of aliphatic imine (C=N–C) groups is 1. The van der Waals surface area contributed by atoms with Crippen LogP contribution in [0.4, 0.5) is 5.69 Å². The lowest BCUT2D eigenvalue weighted by molar-refractivity contribution is 0.0601. The van der Waals surface area contributed by atoms with Crippen LogP contribution in [0.15, 0.2) is 58.0 Å². The molecule has 0 amide bonds. The number of benzene rings is 2. The Morgan fingerprint density at radius 2 is 1.85 bits per heavy atom. The predicted molar refractivity (Wildman–Crippen MR) is 113 cm³/mol. The number of aromatic nitrogens is 1. The first-order chi connectivity index (χ1) is 12.9. The van der Waals surface area contributed by atoms with E-state index in [2.05, 4.69) is 44.5 Å². The van der Waals surface area contributed by atoms with Gasteiger partial charge in [0.1, 0.15) is 0 Å². The lowest BCUT2D eigenvalue weighted by Gasteiger charge is -2.08. The van der Waals surface area contributed by atoms with Gasteiger partial charge in [-0.2, -0.15) is 0 Å². The number of rotatable bonds is 4. The molecule has 138 valence electrons. The molecule has 1 heterocycles. The van der Waals surface area contributed by atoms with Crippen molar-refractivity contribution in [2.45, 2.75) is 13.8 Å². The molecule has 0 radical (unpaired) electrons. The molecule has 2 aromatic carbocycles. The van der Waals surface area contributed by atoms with Crippen molar-refractivity contribution in [2.24, 2.45) is 4.99 Å². The van der Waals surface area contributed by atoms with Gasteiger partial charge in [-0.15, -0.1) is 0 Å². The zero-order valence-corrected chi connectivity index (χ0v) is 17.5. The molecule has 0 atom stereocenters. The van der Waals surface area contributed by atoms with E-state index in [0.29, 0.717) is 16.3 Å². The molecule has 0 spiro atoms. The van der Waals surface area contributed by atoms with Crippen LogP contribution in [-0.4, -0.2) is 23.9 Å². The summed E-state index contributed by atoms with van der Waals surface area (Å²) in [5, 5.41) is 0.337. The average molecular weight is 446 g/mol. The van der Waals surface area contributed by atoms with Gasteiger partial charge in [0.15, 0.2) is 0 Å². The molecule has 0 aliphatic rings. The molecule has 0 saturated carbocycles. The van der Waals surface area contributed by atoms with Crippen molar-refractivity contribution in [3.63, 3.8) is 0 Å². The fraction of sp³-hybridized carbons (Fsp3) is 0.143. The van der Waals surface area contributed by atoms with Gasteiger partial charge in [-0.3, -0.25) is 4.99 Å². The molecular weight excluding hydrogens is 428 g/mol. The Balaban J connectivity index is 2.01. The fourth-order valence-corrected chi connectivity index (χ4v) is 3.70. The van der Waals surface area contributed by atoms with E-state index in [1.807, 2.05) is 25.1 Å². The van der Waals surface area contributed by atoms with Crippen molar-refractivity contribution >= 4 is 45.4 Å². The van der Waals surface area contributed by atoms with Gasteiger partial charge < -0.3 is 9.30 Å². The Morgan fingerprint density at radius 1 is 1.15 bits per heavy atom. The van der Waals surface area contributed by atoms with Gasteiger partial charge in [0.2, 0.25) is 0 Å². The summed E-state index contributed by atoms with van der Waals surface area (Å²) in [5.74, 6) is -0.486. The second kappa shape index (κ2) is 8.11. The predicted octanol–water partition coefficient (Wildman–Crippen LogP) is 6.05. The summed E-state index contributed by atoms with van der Waals surface area (Å²) in [7, 11) is 1.32. The van der Waals surface area contributed by atoms with E-state index in [1.54, 1.807) is 24.4 Å². The molecule has 0 bridgehead atoms. The van der Waals surface area contributed by atoms with Gasteiger partial charge in [0.05, 0.1) is 23.4 Å². The van der Waals surface area contributed by atoms with Crippen LogP contribution in [0, 0.1) is 13.8 Å². The number of methoxy groups -OCH3 is 1. The maximum absolute atomic E-state index is 11.8. The number of ether oxygens (including phenoxy) is 1. The van der Waals surface area contributed by atoms with E-state index < -0.39 is 5.97 Å². The highest BCUT2D eigenvalue weighted by atomic mass is 79.9. The molecule has 3 aromatic rings. The normalized spacial score (nSPS) is 11.1.